The number of aliphatic hydroxyl groups excluding tert-OH is 1. The molecule has 1 amide bonds. The minimum Gasteiger partial charge on any atom is -0.396 e. The number of aliphatic hydroxyl groups is 1. The van der Waals surface area contributed by atoms with E-state index < -0.39 is 12.1 Å². The van der Waals surface area contributed by atoms with Gasteiger partial charge in [0.15, 0.2) is 0 Å². The van der Waals surface area contributed by atoms with Crippen LogP contribution in [0, 0.1) is 11.8 Å². The van der Waals surface area contributed by atoms with Crippen molar-refractivity contribution in [2.24, 2.45) is 11.8 Å². The van der Waals surface area contributed by atoms with E-state index in [1.54, 1.807) is 0 Å². The van der Waals surface area contributed by atoms with Crippen LogP contribution in [0.3, 0.4) is 0 Å². The normalized spacial score (nSPS) is 26.5. The number of rotatable bonds is 3. The van der Waals surface area contributed by atoms with Gasteiger partial charge in [-0.2, -0.15) is 13.2 Å². The van der Waals surface area contributed by atoms with Crippen LogP contribution in [0.25, 0.3) is 0 Å². The van der Waals surface area contributed by atoms with Gasteiger partial charge in [0.2, 0.25) is 0 Å². The van der Waals surface area contributed by atoms with Gasteiger partial charge < -0.3 is 10.4 Å². The first kappa shape index (κ1) is 13.3. The third kappa shape index (κ3) is 3.66. The van der Waals surface area contributed by atoms with E-state index in [1.807, 2.05) is 5.32 Å². The molecule has 1 aliphatic rings. The van der Waals surface area contributed by atoms with E-state index in [4.69, 9.17) is 5.11 Å². The highest BCUT2D eigenvalue weighted by Crippen LogP contribution is 2.29. The van der Waals surface area contributed by atoms with Crippen molar-refractivity contribution in [3.63, 3.8) is 0 Å². The fraction of sp³-hybridized carbons (Fsp3) is 0.900. The summed E-state index contributed by atoms with van der Waals surface area (Å²) in [5.74, 6) is -1.91. The quantitative estimate of drug-likeness (QED) is 0.783. The first-order chi connectivity index (χ1) is 7.45. The second-order valence-electron chi connectivity index (χ2n) is 4.19. The summed E-state index contributed by atoms with van der Waals surface area (Å²) in [4.78, 5) is 10.6. The zero-order valence-corrected chi connectivity index (χ0v) is 8.89. The number of carbonyl (C=O) groups excluding carboxylic acids is 1. The predicted molar refractivity (Wildman–Crippen MR) is 51.6 cm³/mol. The number of hydrogen-bond donors (Lipinski definition) is 2. The van der Waals surface area contributed by atoms with Gasteiger partial charge in [-0.3, -0.25) is 4.79 Å². The second-order valence-corrected chi connectivity index (χ2v) is 4.19. The minimum atomic E-state index is -4.82. The topological polar surface area (TPSA) is 49.3 Å². The number of carbonyl (C=O) groups is 1. The zero-order chi connectivity index (χ0) is 12.2. The summed E-state index contributed by atoms with van der Waals surface area (Å²) in [7, 11) is 0. The molecule has 0 spiro atoms. The Morgan fingerprint density at radius 3 is 2.31 bits per heavy atom. The van der Waals surface area contributed by atoms with Crippen molar-refractivity contribution in [2.45, 2.75) is 31.9 Å². The molecule has 0 heterocycles. The lowest BCUT2D eigenvalue weighted by Gasteiger charge is -2.30. The Kier molecular flexibility index (Phi) is 4.58. The first-order valence-electron chi connectivity index (χ1n) is 5.41. The van der Waals surface area contributed by atoms with E-state index in [0.717, 1.165) is 25.7 Å². The summed E-state index contributed by atoms with van der Waals surface area (Å²) in [6.07, 6.45) is -1.28. The molecule has 2 atom stereocenters. The van der Waals surface area contributed by atoms with Crippen molar-refractivity contribution in [1.29, 1.82) is 0 Å². The van der Waals surface area contributed by atoms with E-state index in [-0.39, 0.29) is 25.0 Å². The fourth-order valence-corrected chi connectivity index (χ4v) is 2.12. The highest BCUT2D eigenvalue weighted by atomic mass is 19.4. The molecule has 1 saturated carbocycles. The van der Waals surface area contributed by atoms with Crippen LogP contribution in [0.15, 0.2) is 0 Å². The molecule has 0 aromatic rings. The van der Waals surface area contributed by atoms with Crippen LogP contribution in [0.4, 0.5) is 13.2 Å². The maximum Gasteiger partial charge on any atom is 0.471 e. The van der Waals surface area contributed by atoms with Gasteiger partial charge in [0.1, 0.15) is 0 Å². The number of nitrogens with one attached hydrogen (secondary N) is 1. The number of hydrogen-bond acceptors (Lipinski definition) is 2. The molecule has 0 aromatic heterocycles. The van der Waals surface area contributed by atoms with Gasteiger partial charge in [0.05, 0.1) is 0 Å². The smallest absolute Gasteiger partial charge is 0.396 e. The monoisotopic (exact) mass is 239 g/mol. The molecule has 3 nitrogen and oxygen atoms in total. The predicted octanol–water partition coefficient (Wildman–Crippen LogP) is 1.46. The molecule has 0 radical (unpaired) electrons. The summed E-state index contributed by atoms with van der Waals surface area (Å²) >= 11 is 0. The standard InChI is InChI=1S/C10H16F3NO2/c11-10(12,13)9(16)14-5-7-3-1-2-4-8(7)6-15/h7-8,15H,1-6H2,(H,14,16). The molecule has 6 heteroatoms. The van der Waals surface area contributed by atoms with Gasteiger partial charge in [-0.05, 0) is 24.7 Å². The van der Waals surface area contributed by atoms with Gasteiger partial charge in [-0.15, -0.1) is 0 Å². The van der Waals surface area contributed by atoms with Crippen LogP contribution in [0.2, 0.25) is 0 Å². The molecule has 1 fully saturated rings. The fourth-order valence-electron chi connectivity index (χ4n) is 2.12. The third-order valence-corrected chi connectivity index (χ3v) is 3.08. The lowest BCUT2D eigenvalue weighted by molar-refractivity contribution is -0.173. The molecular weight excluding hydrogens is 223 g/mol. The number of halogens is 3. The molecule has 1 rings (SSSR count). The summed E-state index contributed by atoms with van der Waals surface area (Å²) in [6, 6.07) is 0. The van der Waals surface area contributed by atoms with E-state index in [1.165, 1.54) is 0 Å². The van der Waals surface area contributed by atoms with Crippen molar-refractivity contribution < 1.29 is 23.1 Å². The van der Waals surface area contributed by atoms with Crippen LogP contribution in [0.5, 0.6) is 0 Å². The lowest BCUT2D eigenvalue weighted by atomic mass is 9.79. The molecule has 0 aliphatic heterocycles. The summed E-state index contributed by atoms with van der Waals surface area (Å²) in [6.45, 7) is -0.0177. The Balaban J connectivity index is 2.38. The Labute approximate surface area is 92.0 Å². The SMILES string of the molecule is O=C(NCC1CCCCC1CO)C(F)(F)F. The van der Waals surface area contributed by atoms with Crippen molar-refractivity contribution in [1.82, 2.24) is 5.32 Å². The van der Waals surface area contributed by atoms with E-state index in [2.05, 4.69) is 0 Å². The van der Waals surface area contributed by atoms with E-state index >= 15 is 0 Å². The van der Waals surface area contributed by atoms with Crippen molar-refractivity contribution >= 4 is 5.91 Å². The van der Waals surface area contributed by atoms with Crippen molar-refractivity contribution in [2.75, 3.05) is 13.2 Å². The molecule has 94 valence electrons. The maximum absolute atomic E-state index is 11.9. The van der Waals surface area contributed by atoms with Crippen LogP contribution in [0.1, 0.15) is 25.7 Å². The maximum atomic E-state index is 11.9. The third-order valence-electron chi connectivity index (χ3n) is 3.08. The average molecular weight is 239 g/mol. The van der Waals surface area contributed by atoms with Crippen molar-refractivity contribution in [3.8, 4) is 0 Å². The van der Waals surface area contributed by atoms with E-state index in [0.29, 0.717) is 0 Å². The van der Waals surface area contributed by atoms with Gasteiger partial charge >= 0.3 is 12.1 Å². The minimum absolute atomic E-state index is 0.00354. The Morgan fingerprint density at radius 1 is 1.25 bits per heavy atom. The highest BCUT2D eigenvalue weighted by Gasteiger charge is 2.39. The molecule has 2 N–H and O–H groups in total. The molecule has 0 saturated heterocycles. The Bertz CT molecular complexity index is 243. The lowest BCUT2D eigenvalue weighted by Crippen LogP contribution is -2.41. The van der Waals surface area contributed by atoms with Crippen LogP contribution in [-0.2, 0) is 4.79 Å². The molecular formula is C10H16F3NO2. The van der Waals surface area contributed by atoms with Gasteiger partial charge in [-0.1, -0.05) is 12.8 Å². The van der Waals surface area contributed by atoms with Gasteiger partial charge in [-0.25, -0.2) is 0 Å². The molecule has 2 unspecified atom stereocenters. The molecule has 0 aromatic carbocycles. The zero-order valence-electron chi connectivity index (χ0n) is 8.89. The van der Waals surface area contributed by atoms with Crippen LogP contribution >= 0.6 is 0 Å². The number of alkyl halides is 3. The van der Waals surface area contributed by atoms with Gasteiger partial charge in [0.25, 0.3) is 0 Å². The van der Waals surface area contributed by atoms with Crippen LogP contribution < -0.4 is 5.32 Å². The largest absolute Gasteiger partial charge is 0.471 e. The number of amides is 1. The second kappa shape index (κ2) is 5.52. The first-order valence-corrected chi connectivity index (χ1v) is 5.41. The Hall–Kier alpha value is -0.780. The molecule has 1 aliphatic carbocycles. The summed E-state index contributed by atoms with van der Waals surface area (Å²) < 4.78 is 35.8. The van der Waals surface area contributed by atoms with E-state index in [9.17, 15) is 18.0 Å². The molecule has 0 bridgehead atoms. The average Bonchev–Trinajstić information content (AvgIpc) is 2.24. The summed E-state index contributed by atoms with van der Waals surface area (Å²) in [5.41, 5.74) is 0. The summed E-state index contributed by atoms with van der Waals surface area (Å²) in [5, 5.41) is 10.9. The highest BCUT2D eigenvalue weighted by molar-refractivity contribution is 5.81. The molecule has 16 heavy (non-hydrogen) atoms. The van der Waals surface area contributed by atoms with Gasteiger partial charge in [0, 0.05) is 13.2 Å². The Morgan fingerprint density at radius 2 is 1.81 bits per heavy atom. The van der Waals surface area contributed by atoms with Crippen LogP contribution in [-0.4, -0.2) is 30.3 Å². The van der Waals surface area contributed by atoms with Crippen molar-refractivity contribution in [3.05, 3.63) is 0 Å².